The Kier molecular flexibility index (Phi) is 4.90. The van der Waals surface area contributed by atoms with E-state index >= 15 is 0 Å². The van der Waals surface area contributed by atoms with Crippen LogP contribution in [0.3, 0.4) is 0 Å². The maximum Gasteiger partial charge on any atom is 0.239 e. The molecule has 3 heterocycles. The molecule has 7 nitrogen and oxygen atoms in total. The van der Waals surface area contributed by atoms with Crippen molar-refractivity contribution in [3.05, 3.63) is 24.5 Å². The summed E-state index contributed by atoms with van der Waals surface area (Å²) in [4.78, 5) is 18.1. The van der Waals surface area contributed by atoms with Gasteiger partial charge in [-0.3, -0.25) is 9.00 Å². The fourth-order valence-electron chi connectivity index (χ4n) is 2.50. The van der Waals surface area contributed by atoms with E-state index in [-0.39, 0.29) is 23.3 Å². The third-order valence-corrected chi connectivity index (χ3v) is 5.09. The Bertz CT molecular complexity index is 675. The Hall–Kier alpha value is -1.96. The summed E-state index contributed by atoms with van der Waals surface area (Å²) in [6.45, 7) is 3.69. The van der Waals surface area contributed by atoms with Crippen LogP contribution in [0, 0.1) is 5.92 Å². The van der Waals surface area contributed by atoms with Crippen LogP contribution in [0.2, 0.25) is 0 Å². The second-order valence-electron chi connectivity index (χ2n) is 5.82. The molecule has 3 rings (SSSR count). The van der Waals surface area contributed by atoms with E-state index in [1.807, 2.05) is 0 Å². The van der Waals surface area contributed by atoms with Gasteiger partial charge in [0.1, 0.15) is 17.8 Å². The average Bonchev–Trinajstić information content (AvgIpc) is 3.18. The number of furan rings is 1. The fourth-order valence-corrected chi connectivity index (χ4v) is 3.45. The highest BCUT2D eigenvalue weighted by molar-refractivity contribution is 7.84. The van der Waals surface area contributed by atoms with Crippen LogP contribution in [0.1, 0.15) is 25.7 Å². The van der Waals surface area contributed by atoms with Crippen molar-refractivity contribution in [3.8, 4) is 11.4 Å². The van der Waals surface area contributed by atoms with Gasteiger partial charge < -0.3 is 13.8 Å². The van der Waals surface area contributed by atoms with E-state index in [0.29, 0.717) is 17.3 Å². The van der Waals surface area contributed by atoms with Crippen molar-refractivity contribution in [1.29, 1.82) is 0 Å². The third kappa shape index (κ3) is 4.07. The zero-order chi connectivity index (χ0) is 16.2. The molecule has 0 aromatic carbocycles. The molecule has 1 amide bonds. The first-order valence-corrected chi connectivity index (χ1v) is 9.08. The predicted octanol–water partition coefficient (Wildman–Crippen LogP) is 1.84. The smallest absolute Gasteiger partial charge is 0.239 e. The first-order chi connectivity index (χ1) is 11.1. The molecule has 0 spiro atoms. The number of piperidine rings is 1. The maximum atomic E-state index is 12.2. The van der Waals surface area contributed by atoms with E-state index < -0.39 is 10.8 Å². The number of nitrogens with zero attached hydrogens (tertiary/aromatic N) is 3. The standard InChI is InChI=1S/C15H19N3O4S/c1-11-2-5-18(6-3-11)14(19)10-23(20)9-13-16-15(17-22-13)12-4-7-21-8-12/h4,7-8,11H,2-3,5-6,9-10H2,1H3/t23-/m0/s1. The van der Waals surface area contributed by atoms with Crippen LogP contribution in [0.25, 0.3) is 11.4 Å². The van der Waals surface area contributed by atoms with Gasteiger partial charge in [0.15, 0.2) is 0 Å². The molecule has 0 radical (unpaired) electrons. The van der Waals surface area contributed by atoms with Gasteiger partial charge in [-0.1, -0.05) is 12.1 Å². The van der Waals surface area contributed by atoms with Crippen LogP contribution in [0.5, 0.6) is 0 Å². The highest BCUT2D eigenvalue weighted by Crippen LogP contribution is 2.18. The minimum Gasteiger partial charge on any atom is -0.472 e. The molecule has 1 aliphatic rings. The summed E-state index contributed by atoms with van der Waals surface area (Å²) in [5, 5.41) is 3.81. The maximum absolute atomic E-state index is 12.2. The minimum absolute atomic E-state index is 0.00218. The van der Waals surface area contributed by atoms with Crippen LogP contribution in [-0.2, 0) is 21.3 Å². The molecule has 23 heavy (non-hydrogen) atoms. The van der Waals surface area contributed by atoms with E-state index in [4.69, 9.17) is 8.94 Å². The van der Waals surface area contributed by atoms with Gasteiger partial charge in [0.05, 0.1) is 11.8 Å². The van der Waals surface area contributed by atoms with Gasteiger partial charge >= 0.3 is 0 Å². The van der Waals surface area contributed by atoms with E-state index in [9.17, 15) is 9.00 Å². The lowest BCUT2D eigenvalue weighted by Gasteiger charge is -2.30. The number of aromatic nitrogens is 2. The van der Waals surface area contributed by atoms with Crippen LogP contribution >= 0.6 is 0 Å². The van der Waals surface area contributed by atoms with Crippen LogP contribution in [0.15, 0.2) is 27.5 Å². The van der Waals surface area contributed by atoms with Crippen molar-refractivity contribution in [2.45, 2.75) is 25.5 Å². The second kappa shape index (κ2) is 7.08. The first-order valence-electron chi connectivity index (χ1n) is 7.59. The van der Waals surface area contributed by atoms with Crippen LogP contribution < -0.4 is 0 Å². The topological polar surface area (TPSA) is 89.4 Å². The van der Waals surface area contributed by atoms with Crippen LogP contribution in [0.4, 0.5) is 0 Å². The number of carbonyl (C=O) groups is 1. The minimum atomic E-state index is -1.36. The third-order valence-electron chi connectivity index (χ3n) is 3.95. The normalized spacial score (nSPS) is 17.3. The lowest BCUT2D eigenvalue weighted by atomic mass is 9.99. The Balaban J connectivity index is 1.52. The molecule has 1 fully saturated rings. The summed E-state index contributed by atoms with van der Waals surface area (Å²) in [5.74, 6) is 1.33. The Morgan fingerprint density at radius 3 is 2.91 bits per heavy atom. The number of carbonyl (C=O) groups excluding carboxylic acids is 1. The van der Waals surface area contributed by atoms with E-state index in [2.05, 4.69) is 17.1 Å². The van der Waals surface area contributed by atoms with Gasteiger partial charge in [0.25, 0.3) is 0 Å². The first kappa shape index (κ1) is 15.9. The average molecular weight is 337 g/mol. The molecule has 0 N–H and O–H groups in total. The van der Waals surface area contributed by atoms with E-state index in [0.717, 1.165) is 25.9 Å². The summed E-state index contributed by atoms with van der Waals surface area (Å²) in [7, 11) is -1.36. The summed E-state index contributed by atoms with van der Waals surface area (Å²) in [5.41, 5.74) is 0.698. The molecule has 0 saturated carbocycles. The number of hydrogen-bond acceptors (Lipinski definition) is 6. The molecule has 0 unspecified atom stereocenters. The largest absolute Gasteiger partial charge is 0.472 e. The van der Waals surface area contributed by atoms with Crippen molar-refractivity contribution < 1.29 is 17.9 Å². The summed E-state index contributed by atoms with van der Waals surface area (Å²) < 4.78 is 22.2. The molecule has 8 heteroatoms. The number of amides is 1. The van der Waals surface area contributed by atoms with E-state index in [1.54, 1.807) is 11.0 Å². The van der Waals surface area contributed by atoms with Gasteiger partial charge in [-0.15, -0.1) is 0 Å². The van der Waals surface area contributed by atoms with Gasteiger partial charge in [0.2, 0.25) is 17.6 Å². The molecular formula is C15H19N3O4S. The molecule has 0 bridgehead atoms. The molecule has 1 atom stereocenters. The van der Waals surface area contributed by atoms with Gasteiger partial charge in [-0.25, -0.2) is 0 Å². The summed E-state index contributed by atoms with van der Waals surface area (Å²) >= 11 is 0. The van der Waals surface area contributed by atoms with Crippen LogP contribution in [-0.4, -0.2) is 44.0 Å². The molecule has 2 aromatic rings. The quantitative estimate of drug-likeness (QED) is 0.827. The Morgan fingerprint density at radius 1 is 1.43 bits per heavy atom. The zero-order valence-corrected chi connectivity index (χ0v) is 13.8. The zero-order valence-electron chi connectivity index (χ0n) is 12.9. The molecule has 1 aliphatic heterocycles. The van der Waals surface area contributed by atoms with Crippen molar-refractivity contribution in [2.75, 3.05) is 18.8 Å². The number of likely N-dealkylation sites (tertiary alicyclic amines) is 1. The molecule has 1 saturated heterocycles. The Morgan fingerprint density at radius 2 is 2.22 bits per heavy atom. The summed E-state index contributed by atoms with van der Waals surface area (Å²) in [6, 6.07) is 1.71. The number of rotatable bonds is 5. The van der Waals surface area contributed by atoms with Gasteiger partial charge in [-0.05, 0) is 24.8 Å². The second-order valence-corrected chi connectivity index (χ2v) is 7.27. The van der Waals surface area contributed by atoms with Crippen molar-refractivity contribution >= 4 is 16.7 Å². The molecule has 0 aliphatic carbocycles. The van der Waals surface area contributed by atoms with Gasteiger partial charge in [-0.2, -0.15) is 4.98 Å². The van der Waals surface area contributed by atoms with E-state index in [1.165, 1.54) is 12.5 Å². The molecular weight excluding hydrogens is 318 g/mol. The SMILES string of the molecule is CC1CCN(C(=O)C[S@@](=O)Cc2nc(-c3ccoc3)no2)CC1. The molecule has 124 valence electrons. The molecule has 2 aromatic heterocycles. The number of hydrogen-bond donors (Lipinski definition) is 0. The highest BCUT2D eigenvalue weighted by Gasteiger charge is 2.22. The monoisotopic (exact) mass is 337 g/mol. The Labute approximate surface area is 136 Å². The van der Waals surface area contributed by atoms with Gasteiger partial charge in [0, 0.05) is 23.9 Å². The fraction of sp³-hybridized carbons (Fsp3) is 0.533. The van der Waals surface area contributed by atoms with Crippen molar-refractivity contribution in [3.63, 3.8) is 0 Å². The van der Waals surface area contributed by atoms with Crippen molar-refractivity contribution in [2.24, 2.45) is 5.92 Å². The highest BCUT2D eigenvalue weighted by atomic mass is 32.2. The summed E-state index contributed by atoms with van der Waals surface area (Å²) in [6.07, 6.45) is 5.04. The predicted molar refractivity (Wildman–Crippen MR) is 83.7 cm³/mol. The van der Waals surface area contributed by atoms with Crippen molar-refractivity contribution in [1.82, 2.24) is 15.0 Å². The lowest BCUT2D eigenvalue weighted by Crippen LogP contribution is -2.40. The lowest BCUT2D eigenvalue weighted by molar-refractivity contribution is -0.129.